The second-order valence-electron chi connectivity index (χ2n) is 5.74. The molecule has 0 fully saturated rings. The highest BCUT2D eigenvalue weighted by molar-refractivity contribution is 6.02. The lowest BCUT2D eigenvalue weighted by Gasteiger charge is -2.10. The van der Waals surface area contributed by atoms with E-state index in [4.69, 9.17) is 4.42 Å². The van der Waals surface area contributed by atoms with Crippen LogP contribution in [0, 0.1) is 6.92 Å². The number of furan rings is 1. The van der Waals surface area contributed by atoms with E-state index < -0.39 is 0 Å². The van der Waals surface area contributed by atoms with Crippen LogP contribution < -0.4 is 16.0 Å². The van der Waals surface area contributed by atoms with Gasteiger partial charge in [0.25, 0.3) is 5.91 Å². The van der Waals surface area contributed by atoms with Crippen LogP contribution in [-0.4, -0.2) is 11.9 Å². The molecule has 0 radical (unpaired) electrons. The second-order valence-corrected chi connectivity index (χ2v) is 5.74. The van der Waals surface area contributed by atoms with Crippen molar-refractivity contribution >= 4 is 23.3 Å². The van der Waals surface area contributed by atoms with Crippen molar-refractivity contribution in [3.05, 3.63) is 83.8 Å². The van der Waals surface area contributed by atoms with E-state index in [1.165, 1.54) is 6.26 Å². The van der Waals surface area contributed by atoms with E-state index in [-0.39, 0.29) is 17.7 Å². The van der Waals surface area contributed by atoms with Crippen molar-refractivity contribution in [1.82, 2.24) is 5.32 Å². The van der Waals surface area contributed by atoms with Crippen molar-refractivity contribution in [2.75, 3.05) is 10.6 Å². The average Bonchev–Trinajstić information content (AvgIpc) is 3.17. The molecule has 2 aromatic carbocycles. The minimum atomic E-state index is -0.327. The normalized spacial score (nSPS) is 10.2. The van der Waals surface area contributed by atoms with Gasteiger partial charge < -0.3 is 20.4 Å². The van der Waals surface area contributed by atoms with Gasteiger partial charge in [0, 0.05) is 17.9 Å². The van der Waals surface area contributed by atoms with Crippen LogP contribution >= 0.6 is 0 Å². The molecule has 132 valence electrons. The van der Waals surface area contributed by atoms with Crippen molar-refractivity contribution < 1.29 is 14.0 Å². The van der Waals surface area contributed by atoms with Crippen molar-refractivity contribution in [2.24, 2.45) is 0 Å². The number of amides is 3. The van der Waals surface area contributed by atoms with E-state index in [2.05, 4.69) is 16.0 Å². The van der Waals surface area contributed by atoms with Crippen LogP contribution in [0.25, 0.3) is 0 Å². The predicted molar refractivity (Wildman–Crippen MR) is 100 cm³/mol. The monoisotopic (exact) mass is 349 g/mol. The number of urea groups is 1. The van der Waals surface area contributed by atoms with Crippen molar-refractivity contribution in [3.63, 3.8) is 0 Å². The maximum atomic E-state index is 12.0. The zero-order chi connectivity index (χ0) is 18.4. The molecule has 6 nitrogen and oxygen atoms in total. The molecule has 0 spiro atoms. The first-order valence-electron chi connectivity index (χ1n) is 8.16. The van der Waals surface area contributed by atoms with Crippen LogP contribution in [0.4, 0.5) is 16.2 Å². The van der Waals surface area contributed by atoms with Crippen molar-refractivity contribution in [3.8, 4) is 0 Å². The van der Waals surface area contributed by atoms with Crippen LogP contribution in [0.3, 0.4) is 0 Å². The molecule has 0 saturated heterocycles. The zero-order valence-electron chi connectivity index (χ0n) is 14.3. The van der Waals surface area contributed by atoms with E-state index in [1.807, 2.05) is 31.2 Å². The molecule has 6 heteroatoms. The summed E-state index contributed by atoms with van der Waals surface area (Å²) >= 11 is 0. The summed E-state index contributed by atoms with van der Waals surface area (Å²) in [6.45, 7) is 2.46. The molecule has 3 rings (SSSR count). The third-order valence-electron chi connectivity index (χ3n) is 3.85. The third-order valence-corrected chi connectivity index (χ3v) is 3.85. The molecule has 3 aromatic rings. The van der Waals surface area contributed by atoms with Gasteiger partial charge in [-0.05, 0) is 54.4 Å². The molecule has 0 saturated carbocycles. The lowest BCUT2D eigenvalue weighted by Crippen LogP contribution is -2.28. The first-order chi connectivity index (χ1) is 12.6. The molecule has 3 N–H and O–H groups in total. The summed E-state index contributed by atoms with van der Waals surface area (Å²) in [6.07, 6.45) is 1.44. The topological polar surface area (TPSA) is 83.4 Å². The van der Waals surface area contributed by atoms with Crippen LogP contribution in [0.15, 0.2) is 71.3 Å². The highest BCUT2D eigenvalue weighted by Gasteiger charge is 2.09. The number of anilines is 2. The smallest absolute Gasteiger partial charge is 0.319 e. The number of carbonyl (C=O) groups excluding carboxylic acids is 2. The predicted octanol–water partition coefficient (Wildman–Crippen LogP) is 4.16. The Kier molecular flexibility index (Phi) is 5.34. The van der Waals surface area contributed by atoms with E-state index in [1.54, 1.807) is 36.4 Å². The summed E-state index contributed by atoms with van der Waals surface area (Å²) in [5.74, 6) is -0.0885. The number of benzene rings is 2. The average molecular weight is 349 g/mol. The molecular formula is C20H19N3O3. The number of hydrogen-bond donors (Lipinski definition) is 3. The Bertz CT molecular complexity index is 887. The Morgan fingerprint density at radius 3 is 2.23 bits per heavy atom. The van der Waals surface area contributed by atoms with Crippen LogP contribution in [0.1, 0.15) is 21.7 Å². The fraction of sp³-hybridized carbons (Fsp3) is 0.100. The molecular weight excluding hydrogens is 330 g/mol. The first-order valence-corrected chi connectivity index (χ1v) is 8.16. The van der Waals surface area contributed by atoms with E-state index in [0.717, 1.165) is 11.1 Å². The second kappa shape index (κ2) is 8.02. The van der Waals surface area contributed by atoms with E-state index >= 15 is 0 Å². The largest absolute Gasteiger partial charge is 0.459 e. The van der Waals surface area contributed by atoms with Gasteiger partial charge in [-0.3, -0.25) is 4.79 Å². The molecule has 0 aliphatic rings. The number of nitrogens with one attached hydrogen (secondary N) is 3. The number of aryl methyl sites for hydroxylation is 1. The summed E-state index contributed by atoms with van der Waals surface area (Å²) in [7, 11) is 0. The summed E-state index contributed by atoms with van der Waals surface area (Å²) in [5.41, 5.74) is 3.43. The van der Waals surface area contributed by atoms with Crippen LogP contribution in [0.5, 0.6) is 0 Å². The Balaban J connectivity index is 1.51. The Hall–Kier alpha value is -3.54. The van der Waals surface area contributed by atoms with E-state index in [0.29, 0.717) is 17.9 Å². The maximum Gasteiger partial charge on any atom is 0.319 e. The SMILES string of the molecule is Cc1ccccc1CNC(=O)Nc1ccc(NC(=O)c2ccco2)cc1. The standard InChI is InChI=1S/C20H19N3O3/c1-14-5-2-3-6-15(14)13-21-20(25)23-17-10-8-16(9-11-17)22-19(24)18-7-4-12-26-18/h2-12H,13H2,1H3,(H,22,24)(H2,21,23,25). The summed E-state index contributed by atoms with van der Waals surface area (Å²) in [6, 6.07) is 17.7. The highest BCUT2D eigenvalue weighted by Crippen LogP contribution is 2.15. The van der Waals surface area contributed by atoms with Gasteiger partial charge in [-0.1, -0.05) is 24.3 Å². The van der Waals surface area contributed by atoms with Gasteiger partial charge in [0.15, 0.2) is 5.76 Å². The molecule has 1 heterocycles. The fourth-order valence-electron chi connectivity index (χ4n) is 2.40. The van der Waals surface area contributed by atoms with Gasteiger partial charge in [-0.15, -0.1) is 0 Å². The molecule has 1 aromatic heterocycles. The van der Waals surface area contributed by atoms with Crippen LogP contribution in [-0.2, 0) is 6.54 Å². The molecule has 26 heavy (non-hydrogen) atoms. The Labute approximate surface area is 151 Å². The van der Waals surface area contributed by atoms with Gasteiger partial charge in [0.05, 0.1) is 6.26 Å². The van der Waals surface area contributed by atoms with E-state index in [9.17, 15) is 9.59 Å². The molecule has 0 aliphatic carbocycles. The maximum absolute atomic E-state index is 12.0. The first kappa shape index (κ1) is 17.3. The Morgan fingerprint density at radius 1 is 0.885 bits per heavy atom. The third kappa shape index (κ3) is 4.51. The van der Waals surface area contributed by atoms with Crippen molar-refractivity contribution in [2.45, 2.75) is 13.5 Å². The van der Waals surface area contributed by atoms with Crippen LogP contribution in [0.2, 0.25) is 0 Å². The molecule has 0 aliphatic heterocycles. The Morgan fingerprint density at radius 2 is 1.58 bits per heavy atom. The molecule has 0 atom stereocenters. The highest BCUT2D eigenvalue weighted by atomic mass is 16.3. The molecule has 3 amide bonds. The van der Waals surface area contributed by atoms with Gasteiger partial charge >= 0.3 is 6.03 Å². The molecule has 0 bridgehead atoms. The molecule has 0 unspecified atom stereocenters. The quantitative estimate of drug-likeness (QED) is 0.647. The minimum Gasteiger partial charge on any atom is -0.459 e. The van der Waals surface area contributed by atoms with Gasteiger partial charge in [0.1, 0.15) is 0 Å². The van der Waals surface area contributed by atoms with Gasteiger partial charge in [-0.2, -0.15) is 0 Å². The van der Waals surface area contributed by atoms with Gasteiger partial charge in [0.2, 0.25) is 0 Å². The number of rotatable bonds is 5. The summed E-state index contributed by atoms with van der Waals surface area (Å²) < 4.78 is 5.04. The summed E-state index contributed by atoms with van der Waals surface area (Å²) in [4.78, 5) is 23.9. The lowest BCUT2D eigenvalue weighted by atomic mass is 10.1. The van der Waals surface area contributed by atoms with Gasteiger partial charge in [-0.25, -0.2) is 4.79 Å². The fourth-order valence-corrected chi connectivity index (χ4v) is 2.40. The zero-order valence-corrected chi connectivity index (χ0v) is 14.3. The number of hydrogen-bond acceptors (Lipinski definition) is 3. The number of carbonyl (C=O) groups is 2. The summed E-state index contributed by atoms with van der Waals surface area (Å²) in [5, 5.41) is 8.30. The minimum absolute atomic E-state index is 0.239. The van der Waals surface area contributed by atoms with Crippen molar-refractivity contribution in [1.29, 1.82) is 0 Å². The lowest BCUT2D eigenvalue weighted by molar-refractivity contribution is 0.0996.